The molecule has 1 aromatic carbocycles. The summed E-state index contributed by atoms with van der Waals surface area (Å²) < 4.78 is 6.94. The third kappa shape index (κ3) is 4.53. The molecule has 1 aliphatic heterocycles. The molecule has 2 fully saturated rings. The fourth-order valence-electron chi connectivity index (χ4n) is 2.60. The number of halogens is 1. The average molecular weight is 353 g/mol. The predicted octanol–water partition coefficient (Wildman–Crippen LogP) is 2.49. The minimum Gasteiger partial charge on any atom is -0.371 e. The summed E-state index contributed by atoms with van der Waals surface area (Å²) in [6, 6.07) is 8.71. The Morgan fingerprint density at radius 2 is 2.29 bits per heavy atom. The van der Waals surface area contributed by atoms with Crippen molar-refractivity contribution < 1.29 is 9.53 Å². The van der Waals surface area contributed by atoms with Gasteiger partial charge in [0.15, 0.2) is 0 Å². The van der Waals surface area contributed by atoms with E-state index in [4.69, 9.17) is 4.74 Å². The van der Waals surface area contributed by atoms with Gasteiger partial charge in [-0.3, -0.25) is 9.69 Å². The van der Waals surface area contributed by atoms with Crippen molar-refractivity contribution in [1.82, 2.24) is 10.2 Å². The van der Waals surface area contributed by atoms with Crippen molar-refractivity contribution >= 4 is 21.8 Å². The quantitative estimate of drug-likeness (QED) is 0.884. The van der Waals surface area contributed by atoms with E-state index in [-0.39, 0.29) is 12.0 Å². The van der Waals surface area contributed by atoms with Crippen LogP contribution in [0.4, 0.5) is 0 Å². The van der Waals surface area contributed by atoms with Gasteiger partial charge in [0.1, 0.15) is 0 Å². The lowest BCUT2D eigenvalue weighted by Gasteiger charge is -2.33. The number of morpholine rings is 1. The maximum atomic E-state index is 11.8. The Morgan fingerprint density at radius 3 is 3.05 bits per heavy atom. The van der Waals surface area contributed by atoms with Crippen LogP contribution < -0.4 is 5.32 Å². The molecular formula is C16H21BrN2O2. The lowest BCUT2D eigenvalue weighted by Crippen LogP contribution is -2.40. The lowest BCUT2D eigenvalue weighted by atomic mass is 10.1. The lowest BCUT2D eigenvalue weighted by molar-refractivity contribution is -0.122. The van der Waals surface area contributed by atoms with Crippen LogP contribution in [0.2, 0.25) is 0 Å². The van der Waals surface area contributed by atoms with Gasteiger partial charge in [0, 0.05) is 36.6 Å². The molecule has 4 nitrogen and oxygen atoms in total. The van der Waals surface area contributed by atoms with Crippen LogP contribution >= 0.6 is 15.9 Å². The first-order valence-corrected chi connectivity index (χ1v) is 8.39. The molecule has 0 spiro atoms. The van der Waals surface area contributed by atoms with E-state index in [1.165, 1.54) is 5.56 Å². The number of hydrogen-bond donors (Lipinski definition) is 1. The zero-order chi connectivity index (χ0) is 14.7. The molecule has 1 amide bonds. The normalized spacial score (nSPS) is 23.0. The molecule has 0 radical (unpaired) electrons. The molecular weight excluding hydrogens is 332 g/mol. The van der Waals surface area contributed by atoms with Crippen molar-refractivity contribution in [3.8, 4) is 0 Å². The van der Waals surface area contributed by atoms with Gasteiger partial charge in [-0.15, -0.1) is 0 Å². The van der Waals surface area contributed by atoms with Crippen LogP contribution in [-0.2, 0) is 9.53 Å². The summed E-state index contributed by atoms with van der Waals surface area (Å²) in [5.41, 5.74) is 1.19. The van der Waals surface area contributed by atoms with E-state index in [2.05, 4.69) is 38.3 Å². The SMILES string of the molecule is O=C(CCN1CCO[C@H](c2cccc(Br)c2)C1)NC1CC1. The Kier molecular flexibility index (Phi) is 4.93. The second-order valence-corrected chi connectivity index (χ2v) is 6.72. The Bertz CT molecular complexity index is 505. The molecule has 0 bridgehead atoms. The Morgan fingerprint density at radius 1 is 1.43 bits per heavy atom. The molecule has 0 aromatic heterocycles. The third-order valence-corrected chi connectivity index (χ3v) is 4.46. The van der Waals surface area contributed by atoms with Crippen LogP contribution in [0.25, 0.3) is 0 Å². The van der Waals surface area contributed by atoms with Gasteiger partial charge >= 0.3 is 0 Å². The molecule has 1 saturated heterocycles. The molecule has 1 atom stereocenters. The number of carbonyl (C=O) groups excluding carboxylic acids is 1. The van der Waals surface area contributed by atoms with E-state index < -0.39 is 0 Å². The molecule has 114 valence electrons. The van der Waals surface area contributed by atoms with Gasteiger partial charge in [0.25, 0.3) is 0 Å². The highest BCUT2D eigenvalue weighted by Crippen LogP contribution is 2.25. The summed E-state index contributed by atoms with van der Waals surface area (Å²) in [6.07, 6.45) is 2.98. The van der Waals surface area contributed by atoms with Crippen LogP contribution in [0, 0.1) is 0 Å². The van der Waals surface area contributed by atoms with Crippen molar-refractivity contribution in [1.29, 1.82) is 0 Å². The number of carbonyl (C=O) groups is 1. The zero-order valence-electron chi connectivity index (χ0n) is 12.1. The van der Waals surface area contributed by atoms with Gasteiger partial charge < -0.3 is 10.1 Å². The predicted molar refractivity (Wildman–Crippen MR) is 85.1 cm³/mol. The van der Waals surface area contributed by atoms with Crippen molar-refractivity contribution in [2.45, 2.75) is 31.4 Å². The van der Waals surface area contributed by atoms with Gasteiger partial charge in [-0.25, -0.2) is 0 Å². The van der Waals surface area contributed by atoms with Crippen LogP contribution in [0.1, 0.15) is 30.9 Å². The topological polar surface area (TPSA) is 41.6 Å². The summed E-state index contributed by atoms with van der Waals surface area (Å²) in [5.74, 6) is 0.183. The first-order chi connectivity index (χ1) is 10.2. The summed E-state index contributed by atoms with van der Waals surface area (Å²) in [6.45, 7) is 3.29. The van der Waals surface area contributed by atoms with Crippen LogP contribution in [0.15, 0.2) is 28.7 Å². The van der Waals surface area contributed by atoms with E-state index in [1.54, 1.807) is 0 Å². The number of benzene rings is 1. The molecule has 1 aliphatic carbocycles. The second-order valence-electron chi connectivity index (χ2n) is 5.81. The number of amides is 1. The molecule has 3 rings (SSSR count). The van der Waals surface area contributed by atoms with Crippen molar-refractivity contribution in [2.75, 3.05) is 26.2 Å². The van der Waals surface area contributed by atoms with Gasteiger partial charge in [0.05, 0.1) is 12.7 Å². The standard InChI is InChI=1S/C16H21BrN2O2/c17-13-3-1-2-12(10-13)15-11-19(8-9-21-15)7-6-16(20)18-14-4-5-14/h1-3,10,14-15H,4-9,11H2,(H,18,20)/t15-/m0/s1. The smallest absolute Gasteiger partial charge is 0.221 e. The molecule has 2 aliphatic rings. The van der Waals surface area contributed by atoms with E-state index in [9.17, 15) is 4.79 Å². The minimum absolute atomic E-state index is 0.0998. The van der Waals surface area contributed by atoms with E-state index in [0.29, 0.717) is 12.5 Å². The minimum atomic E-state index is 0.0998. The molecule has 1 saturated carbocycles. The number of hydrogen-bond acceptors (Lipinski definition) is 3. The van der Waals surface area contributed by atoms with E-state index in [0.717, 1.165) is 43.6 Å². The van der Waals surface area contributed by atoms with Gasteiger partial charge in [-0.2, -0.15) is 0 Å². The van der Waals surface area contributed by atoms with Crippen molar-refractivity contribution in [3.63, 3.8) is 0 Å². The Hall–Kier alpha value is -0.910. The molecule has 5 heteroatoms. The molecule has 1 N–H and O–H groups in total. The highest BCUT2D eigenvalue weighted by atomic mass is 79.9. The third-order valence-electron chi connectivity index (χ3n) is 3.97. The first-order valence-electron chi connectivity index (χ1n) is 7.59. The fraction of sp³-hybridized carbons (Fsp3) is 0.562. The maximum Gasteiger partial charge on any atom is 0.221 e. The van der Waals surface area contributed by atoms with Crippen molar-refractivity contribution in [2.24, 2.45) is 0 Å². The fourth-order valence-corrected chi connectivity index (χ4v) is 3.02. The molecule has 21 heavy (non-hydrogen) atoms. The van der Waals surface area contributed by atoms with Gasteiger partial charge in [0.2, 0.25) is 5.91 Å². The monoisotopic (exact) mass is 352 g/mol. The highest BCUT2D eigenvalue weighted by molar-refractivity contribution is 9.10. The molecule has 0 unspecified atom stereocenters. The summed E-state index contributed by atoms with van der Waals surface area (Å²) >= 11 is 3.50. The molecule has 1 aromatic rings. The summed E-state index contributed by atoms with van der Waals surface area (Å²) in [5, 5.41) is 3.04. The number of nitrogens with zero attached hydrogens (tertiary/aromatic N) is 1. The van der Waals surface area contributed by atoms with Gasteiger partial charge in [-0.05, 0) is 30.5 Å². The van der Waals surface area contributed by atoms with Gasteiger partial charge in [-0.1, -0.05) is 28.1 Å². The van der Waals surface area contributed by atoms with Crippen LogP contribution in [-0.4, -0.2) is 43.1 Å². The summed E-state index contributed by atoms with van der Waals surface area (Å²) in [7, 11) is 0. The van der Waals surface area contributed by atoms with Crippen LogP contribution in [0.3, 0.4) is 0 Å². The van der Waals surface area contributed by atoms with Crippen LogP contribution in [0.5, 0.6) is 0 Å². The zero-order valence-corrected chi connectivity index (χ0v) is 13.6. The Balaban J connectivity index is 1.49. The van der Waals surface area contributed by atoms with E-state index in [1.807, 2.05) is 12.1 Å². The van der Waals surface area contributed by atoms with Crippen molar-refractivity contribution in [3.05, 3.63) is 34.3 Å². The first kappa shape index (κ1) is 15.0. The number of ether oxygens (including phenoxy) is 1. The maximum absolute atomic E-state index is 11.8. The van der Waals surface area contributed by atoms with E-state index >= 15 is 0 Å². The average Bonchev–Trinajstić information content (AvgIpc) is 3.29. The Labute approximate surface area is 134 Å². The largest absolute Gasteiger partial charge is 0.371 e. The summed E-state index contributed by atoms with van der Waals surface area (Å²) in [4.78, 5) is 14.1. The number of nitrogens with one attached hydrogen (secondary N) is 1. The number of rotatable bonds is 5. The molecule has 1 heterocycles. The second kappa shape index (κ2) is 6.90. The highest BCUT2D eigenvalue weighted by Gasteiger charge is 2.25.